The maximum atomic E-state index is 12.9. The predicted octanol–water partition coefficient (Wildman–Crippen LogP) is 22.7. The number of unbranched alkanes of at least 4 members (excludes halogenated alkanes) is 23. The van der Waals surface area contributed by atoms with Gasteiger partial charge in [-0.05, 0) is 135 Å². The van der Waals surface area contributed by atoms with E-state index in [0.717, 1.165) is 167 Å². The predicted molar refractivity (Wildman–Crippen MR) is 348 cm³/mol. The molecule has 0 bridgehead atoms. The monoisotopic (exact) mass is 1100 g/mol. The zero-order valence-corrected chi connectivity index (χ0v) is 51.8. The van der Waals surface area contributed by atoms with Gasteiger partial charge >= 0.3 is 17.9 Å². The molecule has 0 saturated carbocycles. The third-order valence-electron chi connectivity index (χ3n) is 13.5. The molecule has 0 spiro atoms. The molecule has 0 amide bonds. The quantitative estimate of drug-likeness (QED) is 0.0261. The van der Waals surface area contributed by atoms with Crippen LogP contribution in [0.4, 0.5) is 0 Å². The van der Waals surface area contributed by atoms with E-state index in [4.69, 9.17) is 14.2 Å². The molecule has 0 aliphatic heterocycles. The molecule has 0 aromatic rings. The van der Waals surface area contributed by atoms with E-state index in [2.05, 4.69) is 167 Å². The van der Waals surface area contributed by atoms with Crippen molar-refractivity contribution in [3.05, 3.63) is 146 Å². The zero-order valence-electron chi connectivity index (χ0n) is 51.8. The molecule has 0 aliphatic carbocycles. The van der Waals surface area contributed by atoms with Gasteiger partial charge in [0.05, 0.1) is 0 Å². The van der Waals surface area contributed by atoms with Crippen LogP contribution in [0, 0.1) is 0 Å². The summed E-state index contributed by atoms with van der Waals surface area (Å²) in [6.07, 6.45) is 95.8. The van der Waals surface area contributed by atoms with Crippen molar-refractivity contribution in [1.82, 2.24) is 0 Å². The van der Waals surface area contributed by atoms with Crippen LogP contribution in [-0.4, -0.2) is 37.2 Å². The van der Waals surface area contributed by atoms with E-state index < -0.39 is 6.10 Å². The minimum absolute atomic E-state index is 0.0934. The zero-order chi connectivity index (χ0) is 57.8. The van der Waals surface area contributed by atoms with E-state index in [9.17, 15) is 14.4 Å². The fourth-order valence-corrected chi connectivity index (χ4v) is 8.71. The second kappa shape index (κ2) is 66.8. The third kappa shape index (κ3) is 64.1. The van der Waals surface area contributed by atoms with Crippen LogP contribution < -0.4 is 0 Å². The fourth-order valence-electron chi connectivity index (χ4n) is 8.71. The Kier molecular flexibility index (Phi) is 62.9. The second-order valence-electron chi connectivity index (χ2n) is 21.3. The van der Waals surface area contributed by atoms with E-state index in [1.54, 1.807) is 0 Å². The van der Waals surface area contributed by atoms with E-state index in [1.165, 1.54) is 77.0 Å². The number of carbonyl (C=O) groups is 3. The second-order valence-corrected chi connectivity index (χ2v) is 21.3. The van der Waals surface area contributed by atoms with Crippen LogP contribution in [0.5, 0.6) is 0 Å². The van der Waals surface area contributed by atoms with Crippen molar-refractivity contribution in [3.8, 4) is 0 Å². The van der Waals surface area contributed by atoms with Crippen molar-refractivity contribution >= 4 is 17.9 Å². The minimum Gasteiger partial charge on any atom is -0.462 e. The summed E-state index contributed by atoms with van der Waals surface area (Å²) in [5, 5.41) is 0. The van der Waals surface area contributed by atoms with Crippen molar-refractivity contribution in [2.24, 2.45) is 0 Å². The van der Waals surface area contributed by atoms with Crippen LogP contribution in [-0.2, 0) is 28.6 Å². The van der Waals surface area contributed by atoms with Gasteiger partial charge < -0.3 is 14.2 Å². The first-order chi connectivity index (χ1) is 39.5. The summed E-state index contributed by atoms with van der Waals surface area (Å²) in [6.45, 7) is 6.33. The van der Waals surface area contributed by atoms with Crippen LogP contribution in [0.1, 0.15) is 284 Å². The highest BCUT2D eigenvalue weighted by atomic mass is 16.6. The average Bonchev–Trinajstić information content (AvgIpc) is 3.46. The highest BCUT2D eigenvalue weighted by Gasteiger charge is 2.19. The normalized spacial score (nSPS) is 13.1. The Labute approximate surface area is 493 Å². The molecule has 0 aromatic carbocycles. The first-order valence-corrected chi connectivity index (χ1v) is 32.8. The van der Waals surface area contributed by atoms with Gasteiger partial charge in [0.15, 0.2) is 6.10 Å². The number of allylic oxidation sites excluding steroid dienone is 24. The van der Waals surface area contributed by atoms with E-state index >= 15 is 0 Å². The number of rotatable bonds is 58. The average molecular weight is 1110 g/mol. The molecule has 0 rings (SSSR count). The summed E-state index contributed by atoms with van der Waals surface area (Å²) in [5.41, 5.74) is 0. The lowest BCUT2D eigenvalue weighted by Crippen LogP contribution is -2.30. The Hall–Kier alpha value is -4.71. The minimum atomic E-state index is -0.798. The van der Waals surface area contributed by atoms with Crippen molar-refractivity contribution < 1.29 is 28.6 Å². The summed E-state index contributed by atoms with van der Waals surface area (Å²) >= 11 is 0. The number of ether oxygens (including phenoxy) is 3. The molecule has 0 fully saturated rings. The van der Waals surface area contributed by atoms with E-state index in [1.807, 2.05) is 0 Å². The summed E-state index contributed by atoms with van der Waals surface area (Å²) < 4.78 is 16.9. The van der Waals surface area contributed by atoms with Crippen LogP contribution in [0.2, 0.25) is 0 Å². The molecule has 80 heavy (non-hydrogen) atoms. The van der Waals surface area contributed by atoms with Crippen molar-refractivity contribution in [1.29, 1.82) is 0 Å². The molecule has 0 saturated heterocycles. The molecular weight excluding hydrogens is 985 g/mol. The summed E-state index contributed by atoms with van der Waals surface area (Å²) in [7, 11) is 0. The lowest BCUT2D eigenvalue weighted by molar-refractivity contribution is -0.167. The first kappa shape index (κ1) is 75.3. The molecule has 0 aliphatic rings. The van der Waals surface area contributed by atoms with Gasteiger partial charge in [0.25, 0.3) is 0 Å². The van der Waals surface area contributed by atoms with E-state index in [-0.39, 0.29) is 31.1 Å². The lowest BCUT2D eigenvalue weighted by Gasteiger charge is -2.18. The first-order valence-electron chi connectivity index (χ1n) is 32.8. The largest absolute Gasteiger partial charge is 0.462 e. The smallest absolute Gasteiger partial charge is 0.306 e. The molecule has 6 nitrogen and oxygen atoms in total. The van der Waals surface area contributed by atoms with Crippen molar-refractivity contribution in [3.63, 3.8) is 0 Å². The van der Waals surface area contributed by atoms with Crippen LogP contribution in [0.15, 0.2) is 146 Å². The topological polar surface area (TPSA) is 78.9 Å². The van der Waals surface area contributed by atoms with Crippen molar-refractivity contribution in [2.75, 3.05) is 13.2 Å². The SMILES string of the molecule is CC/C=C\C/C=C\C/C=C\C/C=C\C/C=C\C/C=C\CCCCCCCCCCCCCCC(=O)OCC(COC(=O)CCCCCCC/C=C\CCC)OC(=O)CCCCCCC/C=C\C/C=C\C/C=C\C/C=C\C/C=C\CC. The van der Waals surface area contributed by atoms with Gasteiger partial charge in [-0.25, -0.2) is 0 Å². The van der Waals surface area contributed by atoms with Gasteiger partial charge in [-0.1, -0.05) is 276 Å². The molecule has 0 N–H and O–H groups in total. The molecule has 1 atom stereocenters. The van der Waals surface area contributed by atoms with Gasteiger partial charge in [0.1, 0.15) is 13.2 Å². The Balaban J connectivity index is 4.26. The van der Waals surface area contributed by atoms with Gasteiger partial charge in [-0.2, -0.15) is 0 Å². The molecule has 1 unspecified atom stereocenters. The fraction of sp³-hybridized carbons (Fsp3) is 0.635. The molecular formula is C74H120O6. The van der Waals surface area contributed by atoms with Crippen LogP contribution in [0.25, 0.3) is 0 Å². The van der Waals surface area contributed by atoms with Gasteiger partial charge in [-0.15, -0.1) is 0 Å². The number of esters is 3. The third-order valence-corrected chi connectivity index (χ3v) is 13.5. The Morgan fingerprint density at radius 3 is 0.775 bits per heavy atom. The molecule has 0 radical (unpaired) electrons. The Morgan fingerprint density at radius 1 is 0.263 bits per heavy atom. The summed E-state index contributed by atoms with van der Waals surface area (Å²) in [5.74, 6) is -0.925. The molecule has 0 heterocycles. The Bertz CT molecular complexity index is 1750. The lowest BCUT2D eigenvalue weighted by atomic mass is 10.0. The molecule has 452 valence electrons. The maximum absolute atomic E-state index is 12.9. The number of hydrogen-bond donors (Lipinski definition) is 0. The molecule has 0 aromatic heterocycles. The van der Waals surface area contributed by atoms with Crippen molar-refractivity contribution in [2.45, 2.75) is 290 Å². The van der Waals surface area contributed by atoms with Crippen LogP contribution >= 0.6 is 0 Å². The number of carbonyl (C=O) groups excluding carboxylic acids is 3. The standard InChI is InChI=1S/C74H120O6/c1-4-7-10-13-16-19-22-24-26-28-30-32-33-34-35-36-37-38-39-40-41-43-44-46-48-50-52-55-58-61-64-67-73(76)79-70-71(69-78-72(75)66-63-60-57-54-21-18-15-12-9-6-3)80-74(77)68-65-62-59-56-53-51-49-47-45-42-31-29-27-25-23-20-17-14-11-8-5-2/h7-8,10-12,15-17,19-20,24-27,30-32,34-35,37-38,42,47,49,71H,4-6,9,13-14,18,21-23,28-29,33,36,39-41,43-46,48,50-70H2,1-3H3/b10-7-,11-8-,15-12-,19-16-,20-17-,26-24-,27-25-,32-30-,35-34-,38-37-,42-31-,49-47-. The summed E-state index contributed by atoms with van der Waals surface area (Å²) in [6, 6.07) is 0. The highest BCUT2D eigenvalue weighted by molar-refractivity contribution is 5.71. The van der Waals surface area contributed by atoms with E-state index in [0.29, 0.717) is 19.3 Å². The molecule has 6 heteroatoms. The van der Waals surface area contributed by atoms with Gasteiger partial charge in [0, 0.05) is 19.3 Å². The van der Waals surface area contributed by atoms with Gasteiger partial charge in [0.2, 0.25) is 0 Å². The highest BCUT2D eigenvalue weighted by Crippen LogP contribution is 2.15. The van der Waals surface area contributed by atoms with Crippen LogP contribution in [0.3, 0.4) is 0 Å². The maximum Gasteiger partial charge on any atom is 0.306 e. The Morgan fingerprint density at radius 2 is 0.487 bits per heavy atom. The summed E-state index contributed by atoms with van der Waals surface area (Å²) in [4.78, 5) is 38.3. The number of hydrogen-bond acceptors (Lipinski definition) is 6. The van der Waals surface area contributed by atoms with Gasteiger partial charge in [-0.3, -0.25) is 14.4 Å².